The first-order valence-electron chi connectivity index (χ1n) is 4.50. The number of hydrogen-bond acceptors (Lipinski definition) is 4. The molecule has 0 unspecified atom stereocenters. The largest absolute Gasteiger partial charge is 0.477 e. The minimum absolute atomic E-state index is 0.0695. The lowest BCUT2D eigenvalue weighted by molar-refractivity contribution is 0.0702. The third kappa shape index (κ3) is 2.95. The van der Waals surface area contributed by atoms with Crippen LogP contribution in [0.5, 0.6) is 10.9 Å². The molecule has 0 saturated carbocycles. The van der Waals surface area contributed by atoms with Crippen molar-refractivity contribution in [2.45, 2.75) is 0 Å². The van der Waals surface area contributed by atoms with Crippen molar-refractivity contribution >= 4 is 56.4 Å². The number of carbonyl (C=O) groups is 1. The molecule has 4 nitrogen and oxygen atoms in total. The lowest BCUT2D eigenvalue weighted by Crippen LogP contribution is -1.91. The molecule has 1 N–H and O–H groups in total. The highest BCUT2D eigenvalue weighted by Crippen LogP contribution is 2.35. The van der Waals surface area contributed by atoms with E-state index in [0.717, 1.165) is 15.8 Å². The van der Waals surface area contributed by atoms with Crippen molar-refractivity contribution in [1.29, 1.82) is 0 Å². The molecule has 2 aromatic rings. The van der Waals surface area contributed by atoms with E-state index in [1.165, 1.54) is 0 Å². The number of benzene rings is 1. The Morgan fingerprint density at radius 1 is 1.44 bits per heavy atom. The van der Waals surface area contributed by atoms with Gasteiger partial charge in [-0.3, -0.25) is 0 Å². The summed E-state index contributed by atoms with van der Waals surface area (Å²) in [6.45, 7) is 0. The van der Waals surface area contributed by atoms with Gasteiger partial charge in [0, 0.05) is 4.47 Å². The van der Waals surface area contributed by atoms with Gasteiger partial charge in [0.2, 0.25) is 0 Å². The van der Waals surface area contributed by atoms with Crippen LogP contribution in [0.4, 0.5) is 0 Å². The number of nitrogens with zero attached hydrogens (tertiary/aromatic N) is 1. The Morgan fingerprint density at radius 3 is 2.72 bits per heavy atom. The highest BCUT2D eigenvalue weighted by molar-refractivity contribution is 9.10. The monoisotopic (exact) mass is 367 g/mol. The van der Waals surface area contributed by atoms with Crippen LogP contribution in [-0.4, -0.2) is 16.1 Å². The fourth-order valence-corrected chi connectivity index (χ4v) is 2.81. The normalized spacial score (nSPS) is 10.4. The fraction of sp³-hybridized carbons (Fsp3) is 0. The molecule has 1 heterocycles. The van der Waals surface area contributed by atoms with E-state index < -0.39 is 5.97 Å². The predicted octanol–water partition coefficient (Wildman–Crippen LogP) is 4.70. The van der Waals surface area contributed by atoms with Gasteiger partial charge in [0.05, 0.1) is 5.02 Å². The summed E-state index contributed by atoms with van der Waals surface area (Å²) >= 11 is 15.7. The van der Waals surface area contributed by atoms with Gasteiger partial charge in [-0.25, -0.2) is 4.79 Å². The first-order valence-corrected chi connectivity index (χ1v) is 6.86. The second-order valence-electron chi connectivity index (χ2n) is 3.08. The molecule has 0 aliphatic rings. The zero-order valence-corrected chi connectivity index (χ0v) is 12.4. The summed E-state index contributed by atoms with van der Waals surface area (Å²) in [7, 11) is 0. The van der Waals surface area contributed by atoms with Crippen molar-refractivity contribution < 1.29 is 14.6 Å². The Hall–Kier alpha value is -0.820. The number of rotatable bonds is 3. The van der Waals surface area contributed by atoms with Gasteiger partial charge in [-0.2, -0.15) is 4.98 Å². The van der Waals surface area contributed by atoms with Gasteiger partial charge >= 0.3 is 5.97 Å². The molecule has 2 rings (SSSR count). The van der Waals surface area contributed by atoms with Crippen molar-refractivity contribution in [3.05, 3.63) is 37.7 Å². The average Bonchev–Trinajstić information content (AvgIpc) is 2.64. The predicted molar refractivity (Wildman–Crippen MR) is 73.3 cm³/mol. The van der Waals surface area contributed by atoms with Gasteiger partial charge in [-0.15, -0.1) is 0 Å². The Morgan fingerprint density at radius 2 is 2.17 bits per heavy atom. The maximum absolute atomic E-state index is 10.8. The second-order valence-corrected chi connectivity index (χ2v) is 5.72. The molecule has 8 heteroatoms. The Bertz CT molecular complexity index is 617. The minimum Gasteiger partial charge on any atom is -0.477 e. The van der Waals surface area contributed by atoms with Crippen LogP contribution < -0.4 is 4.74 Å². The molecule has 18 heavy (non-hydrogen) atoms. The number of carboxylic acid groups (broad SMARTS) is 1. The van der Waals surface area contributed by atoms with Crippen LogP contribution in [-0.2, 0) is 0 Å². The third-order valence-corrected chi connectivity index (χ3v) is 3.95. The van der Waals surface area contributed by atoms with Crippen LogP contribution in [0.1, 0.15) is 9.67 Å². The van der Waals surface area contributed by atoms with Crippen LogP contribution >= 0.6 is 50.5 Å². The van der Waals surface area contributed by atoms with Crippen LogP contribution in [0, 0.1) is 0 Å². The van der Waals surface area contributed by atoms with E-state index in [2.05, 4.69) is 20.9 Å². The molecule has 0 aliphatic carbocycles. The van der Waals surface area contributed by atoms with Crippen molar-refractivity contribution in [2.24, 2.45) is 0 Å². The Kier molecular flexibility index (Phi) is 4.11. The molecular formula is C10H4BrCl2NO3S. The summed E-state index contributed by atoms with van der Waals surface area (Å²) in [5.74, 6) is -0.767. The van der Waals surface area contributed by atoms with Crippen LogP contribution in [0.3, 0.4) is 0 Å². The highest BCUT2D eigenvalue weighted by Gasteiger charge is 2.17. The van der Waals surface area contributed by atoms with E-state index in [-0.39, 0.29) is 15.2 Å². The number of halogens is 3. The molecular weight excluding hydrogens is 365 g/mol. The van der Waals surface area contributed by atoms with Gasteiger partial charge in [0.1, 0.15) is 5.75 Å². The molecule has 1 aromatic carbocycles. The summed E-state index contributed by atoms with van der Waals surface area (Å²) in [6, 6.07) is 5.04. The lowest BCUT2D eigenvalue weighted by atomic mass is 10.3. The fourth-order valence-electron chi connectivity index (χ4n) is 1.11. The Labute approximate surface area is 124 Å². The summed E-state index contributed by atoms with van der Waals surface area (Å²) in [5.41, 5.74) is 0. The van der Waals surface area contributed by atoms with Gasteiger partial charge in [-0.1, -0.05) is 50.5 Å². The summed E-state index contributed by atoms with van der Waals surface area (Å²) in [6.07, 6.45) is 0. The Balaban J connectivity index is 2.29. The molecule has 0 spiro atoms. The number of aromatic carboxylic acids is 1. The zero-order chi connectivity index (χ0) is 13.3. The molecule has 94 valence electrons. The minimum atomic E-state index is -1.14. The molecule has 0 saturated heterocycles. The van der Waals surface area contributed by atoms with E-state index in [0.29, 0.717) is 10.8 Å². The number of thiazole rings is 1. The number of carboxylic acids is 1. The van der Waals surface area contributed by atoms with E-state index in [1.807, 2.05) is 0 Å². The van der Waals surface area contributed by atoms with E-state index in [9.17, 15) is 4.79 Å². The average molecular weight is 369 g/mol. The summed E-state index contributed by atoms with van der Waals surface area (Å²) in [5, 5.41) is 9.24. The van der Waals surface area contributed by atoms with Crippen molar-refractivity contribution in [3.8, 4) is 10.9 Å². The first-order chi connectivity index (χ1) is 8.47. The van der Waals surface area contributed by atoms with Gasteiger partial charge in [0.15, 0.2) is 10.0 Å². The van der Waals surface area contributed by atoms with E-state index in [4.69, 9.17) is 33.0 Å². The van der Waals surface area contributed by atoms with Crippen LogP contribution in [0.15, 0.2) is 22.7 Å². The number of aromatic nitrogens is 1. The zero-order valence-electron chi connectivity index (χ0n) is 8.49. The van der Waals surface area contributed by atoms with Crippen molar-refractivity contribution in [3.63, 3.8) is 0 Å². The molecule has 0 amide bonds. The standard InChI is InChI=1S/C10H4BrCl2NO3S/c11-4-1-2-6(5(12)3-4)17-10-14-8(13)7(18-10)9(15)16/h1-3H,(H,15,16). The van der Waals surface area contributed by atoms with Crippen molar-refractivity contribution in [1.82, 2.24) is 4.98 Å². The van der Waals surface area contributed by atoms with E-state index in [1.54, 1.807) is 18.2 Å². The lowest BCUT2D eigenvalue weighted by Gasteiger charge is -2.03. The highest BCUT2D eigenvalue weighted by atomic mass is 79.9. The summed E-state index contributed by atoms with van der Waals surface area (Å²) in [4.78, 5) is 14.5. The quantitative estimate of drug-likeness (QED) is 0.852. The van der Waals surface area contributed by atoms with Crippen LogP contribution in [0.2, 0.25) is 10.2 Å². The van der Waals surface area contributed by atoms with Crippen molar-refractivity contribution in [2.75, 3.05) is 0 Å². The smallest absolute Gasteiger partial charge is 0.349 e. The van der Waals surface area contributed by atoms with Gasteiger partial charge in [0.25, 0.3) is 5.19 Å². The molecule has 0 atom stereocenters. The first kappa shape index (κ1) is 13.6. The summed E-state index contributed by atoms with van der Waals surface area (Å²) < 4.78 is 6.19. The molecule has 0 bridgehead atoms. The van der Waals surface area contributed by atoms with Crippen LogP contribution in [0.25, 0.3) is 0 Å². The second kappa shape index (κ2) is 5.44. The molecule has 0 fully saturated rings. The molecule has 0 aliphatic heterocycles. The van der Waals surface area contributed by atoms with E-state index >= 15 is 0 Å². The maximum Gasteiger partial charge on any atom is 0.349 e. The maximum atomic E-state index is 10.8. The van der Waals surface area contributed by atoms with Gasteiger partial charge < -0.3 is 9.84 Å². The molecule has 1 aromatic heterocycles. The third-order valence-electron chi connectivity index (χ3n) is 1.85. The topological polar surface area (TPSA) is 59.4 Å². The van der Waals surface area contributed by atoms with Gasteiger partial charge in [-0.05, 0) is 18.2 Å². The number of ether oxygens (including phenoxy) is 1. The molecule has 0 radical (unpaired) electrons. The SMILES string of the molecule is O=C(O)c1sc(Oc2ccc(Br)cc2Cl)nc1Cl. The number of hydrogen-bond donors (Lipinski definition) is 1.